The molecule has 0 bridgehead atoms. The zero-order valence-corrected chi connectivity index (χ0v) is 16.1. The fraction of sp³-hybridized carbons (Fsp3) is 0. The standard InChI is InChI=1S/6CN.Co.3Na/c6*1-2;;;;/q6*-1;;;;+1. The fourth-order valence-corrected chi connectivity index (χ4v) is 0. The molecular weight excluding hydrogens is 284 g/mol. The van der Waals surface area contributed by atoms with E-state index in [1.54, 1.807) is 0 Å². The van der Waals surface area contributed by atoms with Gasteiger partial charge in [0.1, 0.15) is 0 Å². The Balaban J connectivity index is -0.00000000321. The van der Waals surface area contributed by atoms with Gasteiger partial charge in [-0.05, 0) is 0 Å². The molecule has 3 radical (unpaired) electrons. The molecule has 0 spiro atoms. The summed E-state index contributed by atoms with van der Waals surface area (Å²) in [6.07, 6.45) is 0. The van der Waals surface area contributed by atoms with Crippen LogP contribution in [0.25, 0.3) is 0 Å². The second-order valence-electron chi connectivity index (χ2n) is 0. The maximum atomic E-state index is 6.25. The SMILES string of the molecule is [C-]#N.[C-]#N.[C-]#N.[C-]#N.[C-]#N.[C-]#N.[Co].[Na+].[Na].[Na]. The summed E-state index contributed by atoms with van der Waals surface area (Å²) in [5.74, 6) is 0. The molecule has 0 aliphatic rings. The number of rotatable bonds is 0. The van der Waals surface area contributed by atoms with Gasteiger partial charge >= 0.3 is 29.6 Å². The second kappa shape index (κ2) is 16200. The molecule has 0 aromatic rings. The van der Waals surface area contributed by atoms with Crippen LogP contribution in [0.5, 0.6) is 0 Å². The van der Waals surface area contributed by atoms with Gasteiger partial charge in [-0.2, -0.15) is 0 Å². The quantitative estimate of drug-likeness (QED) is 0.339. The van der Waals surface area contributed by atoms with Gasteiger partial charge in [-0.3, -0.25) is 0 Å². The Morgan fingerprint density at radius 3 is 0.375 bits per heavy atom. The molecular formula is C6CoN6Na3-5. The van der Waals surface area contributed by atoms with Crippen molar-refractivity contribution in [3.05, 3.63) is 39.4 Å². The van der Waals surface area contributed by atoms with E-state index in [4.69, 9.17) is 71.0 Å². The van der Waals surface area contributed by atoms with Gasteiger partial charge in [0, 0.05) is 75.9 Å². The van der Waals surface area contributed by atoms with Crippen LogP contribution in [-0.2, 0) is 16.8 Å². The molecule has 10 heteroatoms. The molecule has 0 saturated carbocycles. The van der Waals surface area contributed by atoms with E-state index in [2.05, 4.69) is 0 Å². The topological polar surface area (TPSA) is 143 Å². The van der Waals surface area contributed by atoms with Gasteiger partial charge in [0.2, 0.25) is 0 Å². The van der Waals surface area contributed by atoms with Crippen molar-refractivity contribution in [3.8, 4) is 0 Å². The largest absolute Gasteiger partial charge is 1.00 e. The zero-order valence-electron chi connectivity index (χ0n) is 9.02. The molecule has 0 atom stereocenters. The monoisotopic (exact) mass is 284 g/mol. The Hall–Kier alpha value is 0.446. The summed E-state index contributed by atoms with van der Waals surface area (Å²) in [4.78, 5) is 0. The van der Waals surface area contributed by atoms with Crippen LogP contribution in [0.3, 0.4) is 0 Å². The summed E-state index contributed by atoms with van der Waals surface area (Å²) in [5, 5.41) is 37.5. The Morgan fingerprint density at radius 2 is 0.375 bits per heavy atom. The average Bonchev–Trinajstić information content (AvgIpc) is 2.33. The molecule has 0 fully saturated rings. The molecule has 71 valence electrons. The Labute approximate surface area is 174 Å². The van der Waals surface area contributed by atoms with Crippen LogP contribution >= 0.6 is 0 Å². The molecule has 0 aromatic heterocycles. The van der Waals surface area contributed by atoms with Crippen molar-refractivity contribution in [3.63, 3.8) is 0 Å². The van der Waals surface area contributed by atoms with Crippen LogP contribution in [0, 0.1) is 71.0 Å². The third kappa shape index (κ3) is 13100. The first-order valence-corrected chi connectivity index (χ1v) is 1.34. The zero-order chi connectivity index (χ0) is 12.0. The Morgan fingerprint density at radius 1 is 0.375 bits per heavy atom. The fourth-order valence-electron chi connectivity index (χ4n) is 0. The van der Waals surface area contributed by atoms with Crippen molar-refractivity contribution in [1.29, 1.82) is 31.6 Å². The van der Waals surface area contributed by atoms with Crippen molar-refractivity contribution in [2.75, 3.05) is 0 Å². The van der Waals surface area contributed by atoms with E-state index < -0.39 is 0 Å². The van der Waals surface area contributed by atoms with Crippen molar-refractivity contribution in [1.82, 2.24) is 0 Å². The van der Waals surface area contributed by atoms with Gasteiger partial charge in [-0.1, -0.05) is 0 Å². The summed E-state index contributed by atoms with van der Waals surface area (Å²) in [7, 11) is 0. The second-order valence-corrected chi connectivity index (χ2v) is 0. The van der Waals surface area contributed by atoms with E-state index in [-0.39, 0.29) is 105 Å². The molecule has 0 amide bonds. The van der Waals surface area contributed by atoms with Crippen LogP contribution in [0.15, 0.2) is 0 Å². The third-order valence-electron chi connectivity index (χ3n) is 0. The molecule has 0 rings (SSSR count). The molecule has 0 N–H and O–H groups in total. The van der Waals surface area contributed by atoms with Crippen LogP contribution < -0.4 is 29.6 Å². The van der Waals surface area contributed by atoms with Gasteiger partial charge in [0.25, 0.3) is 0 Å². The first kappa shape index (κ1) is 94.4. The minimum Gasteiger partial charge on any atom is -0.512 e. The maximum Gasteiger partial charge on any atom is 1.00 e. The number of hydrogen-bond donors (Lipinski definition) is 0. The van der Waals surface area contributed by atoms with Crippen molar-refractivity contribution in [2.24, 2.45) is 0 Å². The molecule has 0 unspecified atom stereocenters. The number of hydrogen-bond acceptors (Lipinski definition) is 6. The maximum absolute atomic E-state index is 6.25. The van der Waals surface area contributed by atoms with E-state index in [1.807, 2.05) is 0 Å². The summed E-state index contributed by atoms with van der Waals surface area (Å²) < 4.78 is 0. The van der Waals surface area contributed by atoms with Crippen LogP contribution in [0.4, 0.5) is 0 Å². The molecule has 0 aromatic carbocycles. The van der Waals surface area contributed by atoms with Gasteiger partial charge in [-0.15, -0.1) is 0 Å². The van der Waals surface area contributed by atoms with Gasteiger partial charge < -0.3 is 71.0 Å². The van der Waals surface area contributed by atoms with Crippen molar-refractivity contribution >= 4 is 59.1 Å². The predicted molar refractivity (Wildman–Crippen MR) is 41.3 cm³/mol. The molecule has 0 saturated heterocycles. The molecule has 0 aliphatic heterocycles. The summed E-state index contributed by atoms with van der Waals surface area (Å²) >= 11 is 0. The molecule has 6 nitrogen and oxygen atoms in total. The minimum absolute atomic E-state index is 0. The average molecular weight is 284 g/mol. The molecule has 16 heavy (non-hydrogen) atoms. The first-order chi connectivity index (χ1) is 6.00. The predicted octanol–water partition coefficient (Wildman–Crippen LogP) is -3.18. The van der Waals surface area contributed by atoms with Gasteiger partial charge in [0.15, 0.2) is 0 Å². The van der Waals surface area contributed by atoms with Crippen LogP contribution in [0.1, 0.15) is 0 Å². The van der Waals surface area contributed by atoms with Gasteiger partial charge in [-0.25, -0.2) is 0 Å². The first-order valence-electron chi connectivity index (χ1n) is 1.34. The van der Waals surface area contributed by atoms with E-state index in [9.17, 15) is 0 Å². The Kier molecular flexibility index (Phi) is 95400. The van der Waals surface area contributed by atoms with Gasteiger partial charge in [0.05, 0.1) is 0 Å². The van der Waals surface area contributed by atoms with E-state index in [0.717, 1.165) is 0 Å². The van der Waals surface area contributed by atoms with E-state index >= 15 is 0 Å². The van der Waals surface area contributed by atoms with E-state index in [1.165, 1.54) is 0 Å². The third-order valence-corrected chi connectivity index (χ3v) is 0. The van der Waals surface area contributed by atoms with Crippen LogP contribution in [0.2, 0.25) is 0 Å². The smallest absolute Gasteiger partial charge is 0.512 e. The molecule has 0 aliphatic carbocycles. The normalized spacial score (nSPS) is 0.750. The summed E-state index contributed by atoms with van der Waals surface area (Å²) in [6.45, 7) is 28.5. The Bertz CT molecular complexity index is 103. The minimum atomic E-state index is 0. The summed E-state index contributed by atoms with van der Waals surface area (Å²) in [5.41, 5.74) is 0. The molecule has 0 heterocycles. The van der Waals surface area contributed by atoms with E-state index in [0.29, 0.717) is 0 Å². The number of nitrogens with zero attached hydrogens (tertiary/aromatic N) is 6. The van der Waals surface area contributed by atoms with Crippen molar-refractivity contribution in [2.45, 2.75) is 0 Å². The summed E-state index contributed by atoms with van der Waals surface area (Å²) in [6, 6.07) is 0. The van der Waals surface area contributed by atoms with Crippen molar-refractivity contribution < 1.29 is 46.3 Å². The van der Waals surface area contributed by atoms with Crippen LogP contribution in [-0.4, -0.2) is 59.1 Å².